The van der Waals surface area contributed by atoms with Gasteiger partial charge >= 0.3 is 0 Å². The molecular weight excluding hydrogens is 304 g/mol. The number of hydrogen-bond acceptors (Lipinski definition) is 5. The summed E-state index contributed by atoms with van der Waals surface area (Å²) in [5.41, 5.74) is 0.844. The third-order valence-electron chi connectivity index (χ3n) is 3.36. The SMILES string of the molecule is CC(NS(=O)(=O)c1ccc2c(c1)OCCO2)c1ccncc1. The second kappa shape index (κ2) is 5.94. The lowest BCUT2D eigenvalue weighted by Gasteiger charge is -2.19. The number of fused-ring (bicyclic) bond motifs is 1. The molecule has 0 amide bonds. The molecule has 2 aromatic rings. The van der Waals surface area contributed by atoms with E-state index < -0.39 is 10.0 Å². The molecule has 22 heavy (non-hydrogen) atoms. The summed E-state index contributed by atoms with van der Waals surface area (Å²) in [6, 6.07) is 7.79. The van der Waals surface area contributed by atoms with Gasteiger partial charge in [-0.1, -0.05) is 0 Å². The Kier molecular flexibility index (Phi) is 4.00. The summed E-state index contributed by atoms with van der Waals surface area (Å²) in [4.78, 5) is 4.07. The molecule has 1 aliphatic rings. The van der Waals surface area contributed by atoms with Crippen LogP contribution in [0.2, 0.25) is 0 Å². The number of hydrogen-bond donors (Lipinski definition) is 1. The first-order valence-corrected chi connectivity index (χ1v) is 8.36. The van der Waals surface area contributed by atoms with E-state index in [1.54, 1.807) is 37.5 Å². The fourth-order valence-electron chi connectivity index (χ4n) is 2.21. The van der Waals surface area contributed by atoms with Crippen molar-refractivity contribution in [3.8, 4) is 11.5 Å². The lowest BCUT2D eigenvalue weighted by molar-refractivity contribution is 0.171. The topological polar surface area (TPSA) is 77.5 Å². The summed E-state index contributed by atoms with van der Waals surface area (Å²) in [5.74, 6) is 1.01. The van der Waals surface area contributed by atoms with Crippen LogP contribution in [0.4, 0.5) is 0 Å². The van der Waals surface area contributed by atoms with Gasteiger partial charge in [-0.05, 0) is 36.8 Å². The van der Waals surface area contributed by atoms with Gasteiger partial charge in [0.05, 0.1) is 4.90 Å². The first-order valence-electron chi connectivity index (χ1n) is 6.88. The van der Waals surface area contributed by atoms with Crippen LogP contribution in [-0.2, 0) is 10.0 Å². The molecule has 1 unspecified atom stereocenters. The zero-order chi connectivity index (χ0) is 15.6. The molecule has 0 spiro atoms. The summed E-state index contributed by atoms with van der Waals surface area (Å²) < 4.78 is 38.4. The lowest BCUT2D eigenvalue weighted by atomic mass is 10.1. The van der Waals surface area contributed by atoms with Crippen LogP contribution in [0, 0.1) is 0 Å². The molecule has 1 atom stereocenters. The lowest BCUT2D eigenvalue weighted by Crippen LogP contribution is -2.27. The largest absolute Gasteiger partial charge is 0.486 e. The Bertz CT molecular complexity index is 762. The zero-order valence-electron chi connectivity index (χ0n) is 12.0. The highest BCUT2D eigenvalue weighted by Crippen LogP contribution is 2.32. The van der Waals surface area contributed by atoms with E-state index in [0.717, 1.165) is 5.56 Å². The average molecular weight is 320 g/mol. The molecule has 116 valence electrons. The monoisotopic (exact) mass is 320 g/mol. The van der Waals surface area contributed by atoms with E-state index in [2.05, 4.69) is 9.71 Å². The first-order chi connectivity index (χ1) is 10.6. The van der Waals surface area contributed by atoms with Gasteiger partial charge in [-0.25, -0.2) is 13.1 Å². The van der Waals surface area contributed by atoms with Crippen LogP contribution in [0.1, 0.15) is 18.5 Å². The van der Waals surface area contributed by atoms with Gasteiger partial charge in [-0.2, -0.15) is 0 Å². The van der Waals surface area contributed by atoms with Crippen LogP contribution in [-0.4, -0.2) is 26.6 Å². The van der Waals surface area contributed by atoms with Crippen molar-refractivity contribution >= 4 is 10.0 Å². The predicted molar refractivity (Wildman–Crippen MR) is 80.4 cm³/mol. The minimum Gasteiger partial charge on any atom is -0.486 e. The molecule has 0 saturated carbocycles. The normalized spacial score (nSPS) is 15.3. The molecular formula is C15H16N2O4S. The van der Waals surface area contributed by atoms with Gasteiger partial charge in [0.15, 0.2) is 11.5 Å². The van der Waals surface area contributed by atoms with Gasteiger partial charge in [-0.3, -0.25) is 4.98 Å². The van der Waals surface area contributed by atoms with Gasteiger partial charge in [0.2, 0.25) is 10.0 Å². The van der Waals surface area contributed by atoms with Crippen molar-refractivity contribution in [1.29, 1.82) is 0 Å². The summed E-state index contributed by atoms with van der Waals surface area (Å²) in [6.45, 7) is 2.67. The van der Waals surface area contributed by atoms with E-state index in [0.29, 0.717) is 24.7 Å². The molecule has 0 saturated heterocycles. The molecule has 1 N–H and O–H groups in total. The summed E-state index contributed by atoms with van der Waals surface area (Å²) in [5, 5.41) is 0. The first kappa shape index (κ1) is 14.8. The molecule has 1 aromatic carbocycles. The fraction of sp³-hybridized carbons (Fsp3) is 0.267. The Hall–Kier alpha value is -2.12. The van der Waals surface area contributed by atoms with Gasteiger partial charge in [0, 0.05) is 24.5 Å². The van der Waals surface area contributed by atoms with Crippen LogP contribution in [0.3, 0.4) is 0 Å². The van der Waals surface area contributed by atoms with Crippen molar-refractivity contribution in [2.24, 2.45) is 0 Å². The van der Waals surface area contributed by atoms with Crippen LogP contribution >= 0.6 is 0 Å². The summed E-state index contributed by atoms with van der Waals surface area (Å²) >= 11 is 0. The van der Waals surface area contributed by atoms with Crippen molar-refractivity contribution < 1.29 is 17.9 Å². The van der Waals surface area contributed by atoms with E-state index in [1.165, 1.54) is 12.1 Å². The van der Waals surface area contributed by atoms with Crippen molar-refractivity contribution in [2.45, 2.75) is 17.9 Å². The third kappa shape index (κ3) is 3.05. The maximum absolute atomic E-state index is 12.5. The van der Waals surface area contributed by atoms with E-state index in [1.807, 2.05) is 0 Å². The number of sulfonamides is 1. The van der Waals surface area contributed by atoms with Crippen molar-refractivity contribution in [2.75, 3.05) is 13.2 Å². The van der Waals surface area contributed by atoms with E-state index >= 15 is 0 Å². The number of pyridine rings is 1. The third-order valence-corrected chi connectivity index (χ3v) is 4.90. The van der Waals surface area contributed by atoms with Gasteiger partial charge in [-0.15, -0.1) is 0 Å². The van der Waals surface area contributed by atoms with Crippen molar-refractivity contribution in [3.05, 3.63) is 48.3 Å². The van der Waals surface area contributed by atoms with Gasteiger partial charge in [0.1, 0.15) is 13.2 Å². The molecule has 0 aliphatic carbocycles. The van der Waals surface area contributed by atoms with Gasteiger partial charge < -0.3 is 9.47 Å². The minimum absolute atomic E-state index is 0.151. The highest BCUT2D eigenvalue weighted by molar-refractivity contribution is 7.89. The Morgan fingerprint density at radius 1 is 1.09 bits per heavy atom. The smallest absolute Gasteiger partial charge is 0.241 e. The van der Waals surface area contributed by atoms with Crippen LogP contribution in [0.15, 0.2) is 47.6 Å². The molecule has 1 aromatic heterocycles. The molecule has 1 aliphatic heterocycles. The Labute approximate surface area is 129 Å². The molecule has 3 rings (SSSR count). The minimum atomic E-state index is -3.65. The predicted octanol–water partition coefficient (Wildman–Crippen LogP) is 1.89. The zero-order valence-corrected chi connectivity index (χ0v) is 12.8. The molecule has 6 nitrogen and oxygen atoms in total. The highest BCUT2D eigenvalue weighted by Gasteiger charge is 2.21. The van der Waals surface area contributed by atoms with E-state index in [4.69, 9.17) is 9.47 Å². The van der Waals surface area contributed by atoms with E-state index in [-0.39, 0.29) is 10.9 Å². The average Bonchev–Trinajstić information content (AvgIpc) is 2.55. The standard InChI is InChI=1S/C15H16N2O4S/c1-11(12-4-6-16-7-5-12)17-22(18,19)13-2-3-14-15(10-13)21-9-8-20-14/h2-7,10-11,17H,8-9H2,1H3. The van der Waals surface area contributed by atoms with E-state index in [9.17, 15) is 8.42 Å². The molecule has 0 radical (unpaired) electrons. The quantitative estimate of drug-likeness (QED) is 0.931. The highest BCUT2D eigenvalue weighted by atomic mass is 32.2. The molecule has 2 heterocycles. The Morgan fingerprint density at radius 3 is 2.50 bits per heavy atom. The number of ether oxygens (including phenoxy) is 2. The summed E-state index contributed by atoms with van der Waals surface area (Å²) in [7, 11) is -3.65. The molecule has 7 heteroatoms. The molecule has 0 bridgehead atoms. The van der Waals surface area contributed by atoms with Crippen LogP contribution in [0.25, 0.3) is 0 Å². The number of nitrogens with one attached hydrogen (secondary N) is 1. The Balaban J connectivity index is 1.84. The second-order valence-corrected chi connectivity index (χ2v) is 6.64. The second-order valence-electron chi connectivity index (χ2n) is 4.93. The maximum atomic E-state index is 12.5. The maximum Gasteiger partial charge on any atom is 0.241 e. The fourth-order valence-corrected chi connectivity index (χ4v) is 3.46. The number of rotatable bonds is 4. The number of benzene rings is 1. The number of nitrogens with zero attached hydrogens (tertiary/aromatic N) is 1. The Morgan fingerprint density at radius 2 is 1.77 bits per heavy atom. The van der Waals surface area contributed by atoms with Crippen molar-refractivity contribution in [3.63, 3.8) is 0 Å². The van der Waals surface area contributed by atoms with Gasteiger partial charge in [0.25, 0.3) is 0 Å². The van der Waals surface area contributed by atoms with Crippen LogP contribution < -0.4 is 14.2 Å². The van der Waals surface area contributed by atoms with Crippen LogP contribution in [0.5, 0.6) is 11.5 Å². The summed E-state index contributed by atoms with van der Waals surface area (Å²) in [6.07, 6.45) is 3.26. The number of aromatic nitrogens is 1. The molecule has 0 fully saturated rings. The van der Waals surface area contributed by atoms with Crippen molar-refractivity contribution in [1.82, 2.24) is 9.71 Å².